The second-order valence-corrected chi connectivity index (χ2v) is 8.72. The maximum absolute atomic E-state index is 13.5. The average molecular weight is 485 g/mol. The van der Waals surface area contributed by atoms with Gasteiger partial charge >= 0.3 is 6.18 Å². The van der Waals surface area contributed by atoms with Crippen LogP contribution in [0.1, 0.15) is 11.1 Å². The van der Waals surface area contributed by atoms with Crippen LogP contribution in [0.5, 0.6) is 0 Å². The molecule has 2 fully saturated rings. The van der Waals surface area contributed by atoms with Crippen LogP contribution in [0.2, 0.25) is 0 Å². The zero-order valence-electron chi connectivity index (χ0n) is 19.5. The van der Waals surface area contributed by atoms with Crippen LogP contribution < -0.4 is 14.7 Å². The summed E-state index contributed by atoms with van der Waals surface area (Å²) in [6.45, 7) is 6.60. The van der Waals surface area contributed by atoms with E-state index in [9.17, 15) is 13.2 Å². The van der Waals surface area contributed by atoms with Crippen LogP contribution in [-0.2, 0) is 10.9 Å². The van der Waals surface area contributed by atoms with Gasteiger partial charge < -0.3 is 19.4 Å². The molecule has 2 aliphatic rings. The predicted molar refractivity (Wildman–Crippen MR) is 129 cm³/mol. The number of alkyl halides is 3. The normalized spacial score (nSPS) is 17.1. The highest BCUT2D eigenvalue weighted by molar-refractivity contribution is 5.65. The molecule has 0 atom stereocenters. The van der Waals surface area contributed by atoms with Gasteiger partial charge in [0.05, 0.1) is 24.5 Å². The average Bonchev–Trinajstić information content (AvgIpc) is 2.89. The first kappa shape index (κ1) is 23.3. The third-order valence-electron chi connectivity index (χ3n) is 6.34. The second-order valence-electron chi connectivity index (χ2n) is 8.72. The van der Waals surface area contributed by atoms with E-state index < -0.39 is 11.7 Å². The van der Waals surface area contributed by atoms with E-state index in [1.54, 1.807) is 4.90 Å². The van der Waals surface area contributed by atoms with E-state index in [1.165, 1.54) is 17.8 Å². The Morgan fingerprint density at radius 2 is 1.51 bits per heavy atom. The van der Waals surface area contributed by atoms with Crippen molar-refractivity contribution in [1.29, 1.82) is 0 Å². The second kappa shape index (κ2) is 9.69. The number of morpholine rings is 1. The van der Waals surface area contributed by atoms with Crippen molar-refractivity contribution in [3.05, 3.63) is 59.8 Å². The summed E-state index contributed by atoms with van der Waals surface area (Å²) in [6, 6.07) is 12.6. The fraction of sp³-hybridized carbons (Fsp3) is 0.400. The van der Waals surface area contributed by atoms with E-state index in [2.05, 4.69) is 22.0 Å². The molecule has 1 aromatic carbocycles. The number of pyridine rings is 1. The lowest BCUT2D eigenvalue weighted by Crippen LogP contribution is -2.48. The maximum atomic E-state index is 13.5. The van der Waals surface area contributed by atoms with Gasteiger partial charge in [0.1, 0.15) is 11.6 Å². The number of hydrogen-bond donors (Lipinski definition) is 0. The third kappa shape index (κ3) is 5.17. The summed E-state index contributed by atoms with van der Waals surface area (Å²) in [5, 5.41) is 0. The molecule has 0 unspecified atom stereocenters. The first-order valence-electron chi connectivity index (χ1n) is 11.7. The Labute approximate surface area is 202 Å². The van der Waals surface area contributed by atoms with Gasteiger partial charge in [0.2, 0.25) is 5.95 Å². The number of aryl methyl sites for hydroxylation is 1. The number of anilines is 3. The van der Waals surface area contributed by atoms with Crippen LogP contribution in [0.15, 0.2) is 48.7 Å². The molecule has 4 heterocycles. The monoisotopic (exact) mass is 484 g/mol. The van der Waals surface area contributed by atoms with Gasteiger partial charge in [0, 0.05) is 57.1 Å². The number of ether oxygens (including phenoxy) is 1. The molecule has 0 N–H and O–H groups in total. The number of hydrogen-bond acceptors (Lipinski definition) is 7. The first-order chi connectivity index (χ1) is 16.9. The van der Waals surface area contributed by atoms with Gasteiger partial charge in [0.15, 0.2) is 0 Å². The molecule has 3 aromatic rings. The van der Waals surface area contributed by atoms with Crippen LogP contribution in [0.4, 0.5) is 30.8 Å². The number of nitrogens with zero attached hydrogens (tertiary/aromatic N) is 6. The van der Waals surface area contributed by atoms with Crippen LogP contribution in [-0.4, -0.2) is 67.4 Å². The fourth-order valence-electron chi connectivity index (χ4n) is 4.38. The molecule has 0 radical (unpaired) electrons. The first-order valence-corrected chi connectivity index (χ1v) is 11.7. The summed E-state index contributed by atoms with van der Waals surface area (Å²) >= 11 is 0. The van der Waals surface area contributed by atoms with Gasteiger partial charge in [-0.25, -0.2) is 9.97 Å². The Morgan fingerprint density at radius 1 is 0.829 bits per heavy atom. The number of halogens is 3. The molecule has 2 saturated heterocycles. The molecular formula is C25H27F3N6O. The number of piperazine rings is 1. The molecule has 0 bridgehead atoms. The van der Waals surface area contributed by atoms with Crippen LogP contribution in [0.25, 0.3) is 11.3 Å². The van der Waals surface area contributed by atoms with Gasteiger partial charge in [0.25, 0.3) is 0 Å². The maximum Gasteiger partial charge on any atom is 0.419 e. The Balaban J connectivity index is 1.41. The van der Waals surface area contributed by atoms with Crippen molar-refractivity contribution >= 4 is 17.6 Å². The minimum absolute atomic E-state index is 0.0250. The summed E-state index contributed by atoms with van der Waals surface area (Å²) in [4.78, 5) is 19.6. The Kier molecular flexibility index (Phi) is 6.46. The number of aromatic nitrogens is 3. The van der Waals surface area contributed by atoms with Gasteiger partial charge in [-0.1, -0.05) is 29.8 Å². The van der Waals surface area contributed by atoms with Crippen molar-refractivity contribution < 1.29 is 17.9 Å². The summed E-state index contributed by atoms with van der Waals surface area (Å²) in [5.41, 5.74) is 2.28. The quantitative estimate of drug-likeness (QED) is 0.554. The lowest BCUT2D eigenvalue weighted by atomic mass is 10.1. The summed E-state index contributed by atoms with van der Waals surface area (Å²) < 4.78 is 46.0. The minimum Gasteiger partial charge on any atom is -0.378 e. The van der Waals surface area contributed by atoms with Crippen molar-refractivity contribution in [2.75, 3.05) is 67.2 Å². The van der Waals surface area contributed by atoms with E-state index in [-0.39, 0.29) is 5.82 Å². The van der Waals surface area contributed by atoms with Crippen molar-refractivity contribution in [2.24, 2.45) is 0 Å². The Bertz CT molecular complexity index is 1160. The highest BCUT2D eigenvalue weighted by Gasteiger charge is 2.36. The molecule has 0 amide bonds. The topological polar surface area (TPSA) is 57.6 Å². The zero-order valence-corrected chi connectivity index (χ0v) is 19.5. The fourth-order valence-corrected chi connectivity index (χ4v) is 4.38. The van der Waals surface area contributed by atoms with Gasteiger partial charge in [-0.15, -0.1) is 0 Å². The van der Waals surface area contributed by atoms with Crippen molar-refractivity contribution in [1.82, 2.24) is 15.0 Å². The summed E-state index contributed by atoms with van der Waals surface area (Å²) in [6.07, 6.45) is -3.04. The predicted octanol–water partition coefficient (Wildman–Crippen LogP) is 4.03. The molecule has 0 saturated carbocycles. The van der Waals surface area contributed by atoms with E-state index in [4.69, 9.17) is 14.7 Å². The molecule has 7 nitrogen and oxygen atoms in total. The molecule has 2 aliphatic heterocycles. The van der Waals surface area contributed by atoms with Gasteiger partial charge in [-0.3, -0.25) is 0 Å². The molecular weight excluding hydrogens is 457 g/mol. The largest absolute Gasteiger partial charge is 0.419 e. The van der Waals surface area contributed by atoms with Crippen molar-refractivity contribution in [3.63, 3.8) is 0 Å². The highest BCUT2D eigenvalue weighted by Crippen LogP contribution is 2.35. The highest BCUT2D eigenvalue weighted by atomic mass is 19.4. The van der Waals surface area contributed by atoms with Crippen molar-refractivity contribution in [2.45, 2.75) is 13.1 Å². The molecule has 35 heavy (non-hydrogen) atoms. The lowest BCUT2D eigenvalue weighted by molar-refractivity contribution is -0.137. The molecule has 2 aromatic heterocycles. The van der Waals surface area contributed by atoms with Crippen LogP contribution in [0, 0.1) is 6.92 Å². The smallest absolute Gasteiger partial charge is 0.378 e. The van der Waals surface area contributed by atoms with Crippen LogP contribution in [0.3, 0.4) is 0 Å². The Morgan fingerprint density at radius 3 is 2.20 bits per heavy atom. The van der Waals surface area contributed by atoms with E-state index >= 15 is 0 Å². The lowest BCUT2D eigenvalue weighted by Gasteiger charge is -2.37. The van der Waals surface area contributed by atoms with Gasteiger partial charge in [-0.2, -0.15) is 18.2 Å². The van der Waals surface area contributed by atoms with E-state index in [0.29, 0.717) is 45.3 Å². The molecule has 0 aliphatic carbocycles. The zero-order chi connectivity index (χ0) is 24.4. The molecule has 0 spiro atoms. The summed E-state index contributed by atoms with van der Waals surface area (Å²) in [5.74, 6) is 1.39. The molecule has 5 rings (SSSR count). The minimum atomic E-state index is -4.45. The number of benzene rings is 1. The molecule has 10 heteroatoms. The Hall–Kier alpha value is -3.40. The third-order valence-corrected chi connectivity index (χ3v) is 6.34. The standard InChI is InChI=1S/C25H27F3N6O/c1-18-4-6-19(7-5-18)21-17-22(32-13-15-35-16-14-32)31-24(30-21)34-11-9-33(10-12-34)23-20(25(26,27)28)3-2-8-29-23/h2-8,17H,9-16H2,1H3. The van der Waals surface area contributed by atoms with E-state index in [1.807, 2.05) is 30.0 Å². The summed E-state index contributed by atoms with van der Waals surface area (Å²) in [7, 11) is 0. The number of rotatable bonds is 4. The van der Waals surface area contributed by atoms with E-state index in [0.717, 1.165) is 36.2 Å². The molecule has 184 valence electrons. The van der Waals surface area contributed by atoms with Crippen molar-refractivity contribution in [3.8, 4) is 11.3 Å². The van der Waals surface area contributed by atoms with Crippen LogP contribution >= 0.6 is 0 Å². The van der Waals surface area contributed by atoms with Gasteiger partial charge in [-0.05, 0) is 19.1 Å². The SMILES string of the molecule is Cc1ccc(-c2cc(N3CCOCC3)nc(N3CCN(c4ncccc4C(F)(F)F)CC3)n2)cc1.